The van der Waals surface area contributed by atoms with Gasteiger partial charge >= 0.3 is 0 Å². The lowest BCUT2D eigenvalue weighted by atomic mass is 9.97. The van der Waals surface area contributed by atoms with Gasteiger partial charge in [-0.2, -0.15) is 0 Å². The monoisotopic (exact) mass is 433 g/mol. The number of anilines is 1. The molecule has 0 atom stereocenters. The molecule has 0 aliphatic carbocycles. The first-order valence-corrected chi connectivity index (χ1v) is 10.7. The third-order valence-corrected chi connectivity index (χ3v) is 5.70. The molecule has 8 nitrogen and oxygen atoms in total. The Morgan fingerprint density at radius 2 is 1.94 bits per heavy atom. The molecule has 0 saturated heterocycles. The second-order valence-electron chi connectivity index (χ2n) is 8.18. The minimum atomic E-state index is -0.161. The largest absolute Gasteiger partial charge is 0.505 e. The highest BCUT2D eigenvalue weighted by molar-refractivity contribution is 6.04. The van der Waals surface area contributed by atoms with Crippen LogP contribution in [0.15, 0.2) is 36.4 Å². The van der Waals surface area contributed by atoms with Crippen molar-refractivity contribution in [2.45, 2.75) is 26.3 Å². The third kappa shape index (κ3) is 4.21. The van der Waals surface area contributed by atoms with Crippen LogP contribution in [0, 0.1) is 0 Å². The van der Waals surface area contributed by atoms with Crippen LogP contribution >= 0.6 is 0 Å². The molecule has 0 bridgehead atoms. The molecular weight excluding hydrogens is 406 g/mol. The maximum atomic E-state index is 13.5. The van der Waals surface area contributed by atoms with Crippen LogP contribution in [0.2, 0.25) is 0 Å². The molecule has 1 aromatic heterocycles. The average molecular weight is 434 g/mol. The van der Waals surface area contributed by atoms with Crippen molar-refractivity contribution in [3.8, 4) is 5.75 Å². The van der Waals surface area contributed by atoms with E-state index in [1.807, 2.05) is 55.4 Å². The van der Waals surface area contributed by atoms with E-state index in [-0.39, 0.29) is 17.6 Å². The van der Waals surface area contributed by atoms with Crippen molar-refractivity contribution in [3.63, 3.8) is 0 Å². The second-order valence-corrected chi connectivity index (χ2v) is 8.18. The minimum absolute atomic E-state index is 0.116. The van der Waals surface area contributed by atoms with Crippen LogP contribution in [-0.2, 0) is 24.2 Å². The lowest BCUT2D eigenvalue weighted by molar-refractivity contribution is -0.118. The number of rotatable bonds is 5. The van der Waals surface area contributed by atoms with Gasteiger partial charge in [-0.05, 0) is 24.1 Å². The number of hydrogen-bond acceptors (Lipinski definition) is 6. The number of amides is 2. The molecule has 8 heteroatoms. The van der Waals surface area contributed by atoms with Gasteiger partial charge in [0.1, 0.15) is 17.3 Å². The zero-order chi connectivity index (χ0) is 22.8. The number of carbonyl (C=O) groups is 2. The predicted molar refractivity (Wildman–Crippen MR) is 123 cm³/mol. The van der Waals surface area contributed by atoms with E-state index < -0.39 is 0 Å². The van der Waals surface area contributed by atoms with E-state index in [0.717, 1.165) is 16.8 Å². The zero-order valence-electron chi connectivity index (χ0n) is 18.6. The lowest BCUT2D eigenvalue weighted by Gasteiger charge is -2.30. The molecule has 3 aromatic rings. The Morgan fingerprint density at radius 3 is 2.69 bits per heavy atom. The van der Waals surface area contributed by atoms with Crippen molar-refractivity contribution in [3.05, 3.63) is 59.0 Å². The van der Waals surface area contributed by atoms with Gasteiger partial charge in [0.2, 0.25) is 5.91 Å². The van der Waals surface area contributed by atoms with Crippen molar-refractivity contribution < 1.29 is 14.7 Å². The van der Waals surface area contributed by atoms with E-state index in [9.17, 15) is 14.7 Å². The number of carbonyl (C=O) groups excluding carboxylic acids is 2. The normalized spacial score (nSPS) is 13.0. The first-order valence-electron chi connectivity index (χ1n) is 10.7. The Labute approximate surface area is 186 Å². The van der Waals surface area contributed by atoms with E-state index in [1.54, 1.807) is 4.90 Å². The van der Waals surface area contributed by atoms with Crippen LogP contribution in [0.5, 0.6) is 5.75 Å². The highest BCUT2D eigenvalue weighted by atomic mass is 16.3. The summed E-state index contributed by atoms with van der Waals surface area (Å²) < 4.78 is 0. The molecule has 0 radical (unpaired) electrons. The summed E-state index contributed by atoms with van der Waals surface area (Å²) in [6.07, 6.45) is 1.02. The molecule has 4 rings (SSSR count). The molecule has 0 spiro atoms. The smallest absolute Gasteiger partial charge is 0.273 e. The summed E-state index contributed by atoms with van der Waals surface area (Å²) >= 11 is 0. The number of benzene rings is 2. The number of para-hydroxylation sites is 1. The Balaban J connectivity index is 1.64. The van der Waals surface area contributed by atoms with Gasteiger partial charge in [-0.25, -0.2) is 9.97 Å². The molecule has 1 aliphatic heterocycles. The minimum Gasteiger partial charge on any atom is -0.505 e. The number of phenolic OH excluding ortho intramolecular Hbond substituents is 1. The molecule has 32 heavy (non-hydrogen) atoms. The fourth-order valence-electron chi connectivity index (χ4n) is 4.06. The highest BCUT2D eigenvalue weighted by Crippen LogP contribution is 2.35. The van der Waals surface area contributed by atoms with Crippen LogP contribution in [0.3, 0.4) is 0 Å². The quantitative estimate of drug-likeness (QED) is 0.641. The van der Waals surface area contributed by atoms with Gasteiger partial charge in [-0.3, -0.25) is 9.59 Å². The third-order valence-electron chi connectivity index (χ3n) is 5.70. The van der Waals surface area contributed by atoms with Crippen LogP contribution in [0.4, 0.5) is 5.69 Å². The van der Waals surface area contributed by atoms with Gasteiger partial charge in [0.25, 0.3) is 5.91 Å². The number of phenols is 1. The second kappa shape index (κ2) is 8.82. The zero-order valence-corrected chi connectivity index (χ0v) is 18.6. The Bertz CT molecular complexity index is 1190. The van der Waals surface area contributed by atoms with E-state index in [0.29, 0.717) is 54.9 Å². The standard InChI is InChI=1S/C24H27N5O3/c1-15(30)25-12-10-21-26-19-7-5-4-6-18(19)22(27-21)24(32)29-13-11-17-16(14-29)8-9-20(23(17)31)28(2)3/h4-9,31H,10-14H2,1-3H3,(H,25,30). The van der Waals surface area contributed by atoms with Crippen molar-refractivity contribution in [1.82, 2.24) is 20.2 Å². The van der Waals surface area contributed by atoms with Gasteiger partial charge in [0.05, 0.1) is 11.2 Å². The van der Waals surface area contributed by atoms with Crippen LogP contribution in [0.25, 0.3) is 10.9 Å². The summed E-state index contributed by atoms with van der Waals surface area (Å²) in [4.78, 5) is 37.5. The Hall–Kier alpha value is -3.68. The number of nitrogens with zero attached hydrogens (tertiary/aromatic N) is 4. The molecule has 0 saturated carbocycles. The van der Waals surface area contributed by atoms with Crippen molar-refractivity contribution in [2.75, 3.05) is 32.1 Å². The molecule has 1 aliphatic rings. The molecule has 2 aromatic carbocycles. The number of aromatic nitrogens is 2. The van der Waals surface area contributed by atoms with Gasteiger partial charge in [-0.1, -0.05) is 24.3 Å². The molecule has 2 amide bonds. The van der Waals surface area contributed by atoms with Crippen molar-refractivity contribution >= 4 is 28.4 Å². The molecule has 0 unspecified atom stereocenters. The summed E-state index contributed by atoms with van der Waals surface area (Å²) in [5.74, 6) is 0.528. The summed E-state index contributed by atoms with van der Waals surface area (Å²) in [7, 11) is 3.79. The topological polar surface area (TPSA) is 98.7 Å². The number of nitrogens with one attached hydrogen (secondary N) is 1. The first kappa shape index (κ1) is 21.5. The molecule has 2 N–H and O–H groups in total. The molecule has 0 fully saturated rings. The molecule has 166 valence electrons. The first-order chi connectivity index (χ1) is 15.3. The summed E-state index contributed by atoms with van der Waals surface area (Å²) in [6.45, 7) is 2.78. The van der Waals surface area contributed by atoms with Crippen molar-refractivity contribution in [1.29, 1.82) is 0 Å². The summed E-state index contributed by atoms with van der Waals surface area (Å²) in [5.41, 5.74) is 3.68. The maximum absolute atomic E-state index is 13.5. The van der Waals surface area contributed by atoms with Crippen LogP contribution in [0.1, 0.15) is 34.4 Å². The summed E-state index contributed by atoms with van der Waals surface area (Å²) in [5, 5.41) is 14.1. The summed E-state index contributed by atoms with van der Waals surface area (Å²) in [6, 6.07) is 11.3. The SMILES string of the molecule is CC(=O)NCCc1nc(C(=O)N2CCc3c(ccc(N(C)C)c3O)C2)c2ccccc2n1. The van der Waals surface area contributed by atoms with E-state index in [2.05, 4.69) is 15.3 Å². The molecular formula is C24H27N5O3. The highest BCUT2D eigenvalue weighted by Gasteiger charge is 2.27. The van der Waals surface area contributed by atoms with E-state index in [1.165, 1.54) is 6.92 Å². The average Bonchev–Trinajstić information content (AvgIpc) is 2.77. The number of fused-ring (bicyclic) bond motifs is 2. The number of aromatic hydroxyl groups is 1. The Kier molecular flexibility index (Phi) is 5.94. The van der Waals surface area contributed by atoms with Gasteiger partial charge in [0, 0.05) is 58.0 Å². The number of hydrogen-bond donors (Lipinski definition) is 2. The van der Waals surface area contributed by atoms with E-state index in [4.69, 9.17) is 0 Å². The van der Waals surface area contributed by atoms with Gasteiger partial charge in [-0.15, -0.1) is 0 Å². The van der Waals surface area contributed by atoms with Gasteiger partial charge in [0.15, 0.2) is 0 Å². The fourth-order valence-corrected chi connectivity index (χ4v) is 4.06. The van der Waals surface area contributed by atoms with Crippen LogP contribution in [-0.4, -0.2) is 59.0 Å². The lowest BCUT2D eigenvalue weighted by Crippen LogP contribution is -2.37. The van der Waals surface area contributed by atoms with E-state index >= 15 is 0 Å². The maximum Gasteiger partial charge on any atom is 0.273 e. The predicted octanol–water partition coefficient (Wildman–Crippen LogP) is 2.28. The van der Waals surface area contributed by atoms with Gasteiger partial charge < -0.3 is 20.2 Å². The van der Waals surface area contributed by atoms with Crippen LogP contribution < -0.4 is 10.2 Å². The molecule has 2 heterocycles. The van der Waals surface area contributed by atoms with Crippen molar-refractivity contribution in [2.24, 2.45) is 0 Å². The fraction of sp³-hybridized carbons (Fsp3) is 0.333. The Morgan fingerprint density at radius 1 is 1.16 bits per heavy atom.